The average molecular weight is 452 g/mol. The number of hydrogen-bond acceptors (Lipinski definition) is 4. The third kappa shape index (κ3) is 2.89. The lowest BCUT2D eigenvalue weighted by molar-refractivity contribution is -0.117. The average Bonchev–Trinajstić information content (AvgIpc) is 2.81. The molecule has 122 valence electrons. The Balaban J connectivity index is 2.16. The SMILES string of the molecule is CC(=O)C1=C(O)C(=O)N(c2ccc(Br)cn2)[C@@H]1c1ccc(Br)cc1. The number of halogens is 2. The van der Waals surface area contributed by atoms with E-state index in [-0.39, 0.29) is 11.4 Å². The molecule has 7 heteroatoms. The van der Waals surface area contributed by atoms with Crippen LogP contribution in [0, 0.1) is 0 Å². The zero-order valence-electron chi connectivity index (χ0n) is 12.5. The summed E-state index contributed by atoms with van der Waals surface area (Å²) in [7, 11) is 0. The van der Waals surface area contributed by atoms with Gasteiger partial charge in [-0.3, -0.25) is 14.5 Å². The lowest BCUT2D eigenvalue weighted by Crippen LogP contribution is -2.31. The van der Waals surface area contributed by atoms with Gasteiger partial charge in [-0.2, -0.15) is 0 Å². The van der Waals surface area contributed by atoms with Crippen molar-refractivity contribution in [1.29, 1.82) is 0 Å². The Morgan fingerprint density at radius 2 is 1.75 bits per heavy atom. The first-order valence-electron chi connectivity index (χ1n) is 7.05. The van der Waals surface area contributed by atoms with Gasteiger partial charge < -0.3 is 5.11 Å². The number of aliphatic hydroxyl groups excluding tert-OH is 1. The number of rotatable bonds is 3. The Kier molecular flexibility index (Phi) is 4.56. The number of aromatic nitrogens is 1. The lowest BCUT2D eigenvalue weighted by atomic mass is 9.97. The molecule has 1 atom stereocenters. The second-order valence-electron chi connectivity index (χ2n) is 5.28. The van der Waals surface area contributed by atoms with E-state index >= 15 is 0 Å². The maximum absolute atomic E-state index is 12.6. The van der Waals surface area contributed by atoms with Gasteiger partial charge in [-0.05, 0) is 52.7 Å². The van der Waals surface area contributed by atoms with E-state index in [1.165, 1.54) is 11.8 Å². The topological polar surface area (TPSA) is 70.5 Å². The van der Waals surface area contributed by atoms with Gasteiger partial charge in [0.1, 0.15) is 5.82 Å². The second kappa shape index (κ2) is 6.49. The van der Waals surface area contributed by atoms with Crippen molar-refractivity contribution in [2.45, 2.75) is 13.0 Å². The normalized spacial score (nSPS) is 17.5. The van der Waals surface area contributed by atoms with Crippen molar-refractivity contribution in [2.24, 2.45) is 0 Å². The van der Waals surface area contributed by atoms with Crippen LogP contribution in [0.1, 0.15) is 18.5 Å². The standard InChI is InChI=1S/C17H12Br2N2O3/c1-9(22)14-15(10-2-4-11(18)5-3-10)21(17(24)16(14)23)13-7-6-12(19)8-20-13/h2-8,15,23H,1H3/t15-/m1/s1. The number of Topliss-reactive ketones (excluding diaryl/α,β-unsaturated/α-hetero) is 1. The molecule has 3 rings (SSSR count). The van der Waals surface area contributed by atoms with Gasteiger partial charge in [-0.15, -0.1) is 0 Å². The Hall–Kier alpha value is -1.99. The number of hydrogen-bond donors (Lipinski definition) is 1. The third-order valence-electron chi connectivity index (χ3n) is 3.73. The third-order valence-corrected chi connectivity index (χ3v) is 4.73. The summed E-state index contributed by atoms with van der Waals surface area (Å²) in [6.45, 7) is 1.34. The molecule has 1 aromatic heterocycles. The zero-order chi connectivity index (χ0) is 17.4. The summed E-state index contributed by atoms with van der Waals surface area (Å²) < 4.78 is 1.64. The first-order chi connectivity index (χ1) is 11.4. The Bertz CT molecular complexity index is 845. The van der Waals surface area contributed by atoms with E-state index in [9.17, 15) is 14.7 Å². The fraction of sp³-hybridized carbons (Fsp3) is 0.118. The predicted molar refractivity (Wildman–Crippen MR) is 96.6 cm³/mol. The molecule has 5 nitrogen and oxygen atoms in total. The minimum Gasteiger partial charge on any atom is -0.503 e. The van der Waals surface area contributed by atoms with Gasteiger partial charge in [-0.1, -0.05) is 28.1 Å². The van der Waals surface area contributed by atoms with Crippen LogP contribution >= 0.6 is 31.9 Å². The van der Waals surface area contributed by atoms with E-state index < -0.39 is 17.7 Å². The molecule has 1 amide bonds. The number of pyridine rings is 1. The van der Waals surface area contributed by atoms with Crippen LogP contribution < -0.4 is 4.90 Å². The molecule has 0 spiro atoms. The highest BCUT2D eigenvalue weighted by Crippen LogP contribution is 2.40. The predicted octanol–water partition coefficient (Wildman–Crippen LogP) is 4.10. The molecule has 1 N–H and O–H groups in total. The Morgan fingerprint density at radius 3 is 2.29 bits per heavy atom. The highest BCUT2D eigenvalue weighted by Gasteiger charge is 2.43. The highest BCUT2D eigenvalue weighted by molar-refractivity contribution is 9.10. The molecule has 0 aliphatic carbocycles. The Labute approximate surface area is 155 Å². The monoisotopic (exact) mass is 450 g/mol. The van der Waals surface area contributed by atoms with Crippen LogP contribution in [0.25, 0.3) is 0 Å². The minimum absolute atomic E-state index is 0.0760. The van der Waals surface area contributed by atoms with Gasteiger partial charge in [0.25, 0.3) is 5.91 Å². The largest absolute Gasteiger partial charge is 0.503 e. The number of nitrogens with zero attached hydrogens (tertiary/aromatic N) is 2. The molecule has 1 aliphatic heterocycles. The van der Waals surface area contributed by atoms with Crippen molar-refractivity contribution in [3.8, 4) is 0 Å². The van der Waals surface area contributed by atoms with E-state index in [1.807, 2.05) is 12.1 Å². The quantitative estimate of drug-likeness (QED) is 0.762. The molecule has 1 aromatic carbocycles. The van der Waals surface area contributed by atoms with Crippen molar-refractivity contribution < 1.29 is 14.7 Å². The van der Waals surface area contributed by atoms with Crippen LogP contribution in [0.15, 0.2) is 62.9 Å². The van der Waals surface area contributed by atoms with E-state index in [0.29, 0.717) is 11.4 Å². The molecule has 0 radical (unpaired) electrons. The number of amides is 1. The number of carbonyl (C=O) groups excluding carboxylic acids is 2. The summed E-state index contributed by atoms with van der Waals surface area (Å²) in [6, 6.07) is 9.93. The minimum atomic E-state index is -0.711. The summed E-state index contributed by atoms with van der Waals surface area (Å²) in [6.07, 6.45) is 1.56. The van der Waals surface area contributed by atoms with E-state index in [4.69, 9.17) is 0 Å². The van der Waals surface area contributed by atoms with Crippen molar-refractivity contribution in [3.05, 3.63) is 68.4 Å². The zero-order valence-corrected chi connectivity index (χ0v) is 15.7. The molecular weight excluding hydrogens is 440 g/mol. The summed E-state index contributed by atoms with van der Waals surface area (Å²) in [4.78, 5) is 30.2. The summed E-state index contributed by atoms with van der Waals surface area (Å²) in [5.41, 5.74) is 0.789. The van der Waals surface area contributed by atoms with Crippen LogP contribution in [0.3, 0.4) is 0 Å². The van der Waals surface area contributed by atoms with Gasteiger partial charge in [0.15, 0.2) is 11.5 Å². The number of ketones is 1. The molecule has 0 saturated heterocycles. The molecule has 1 aliphatic rings. The maximum Gasteiger partial charge on any atom is 0.295 e. The van der Waals surface area contributed by atoms with E-state index in [1.54, 1.807) is 30.5 Å². The van der Waals surface area contributed by atoms with Gasteiger partial charge in [-0.25, -0.2) is 4.98 Å². The lowest BCUT2D eigenvalue weighted by Gasteiger charge is -2.25. The molecule has 2 aromatic rings. The first-order valence-corrected chi connectivity index (χ1v) is 8.63. The first kappa shape index (κ1) is 16.9. The van der Waals surface area contributed by atoms with Gasteiger partial charge in [0, 0.05) is 15.1 Å². The fourth-order valence-electron chi connectivity index (χ4n) is 2.67. The van der Waals surface area contributed by atoms with Crippen LogP contribution in [-0.4, -0.2) is 21.8 Å². The molecule has 0 unspecified atom stereocenters. The number of anilines is 1. The molecule has 0 fully saturated rings. The molecule has 2 heterocycles. The second-order valence-corrected chi connectivity index (χ2v) is 7.11. The highest BCUT2D eigenvalue weighted by atomic mass is 79.9. The number of aliphatic hydroxyl groups is 1. The Morgan fingerprint density at radius 1 is 1.12 bits per heavy atom. The van der Waals surface area contributed by atoms with Crippen molar-refractivity contribution in [1.82, 2.24) is 4.98 Å². The van der Waals surface area contributed by atoms with Crippen LogP contribution in [0.4, 0.5) is 5.82 Å². The van der Waals surface area contributed by atoms with E-state index in [0.717, 1.165) is 8.95 Å². The molecule has 0 bridgehead atoms. The van der Waals surface area contributed by atoms with Crippen molar-refractivity contribution in [3.63, 3.8) is 0 Å². The summed E-state index contributed by atoms with van der Waals surface area (Å²) >= 11 is 6.66. The van der Waals surface area contributed by atoms with Crippen molar-refractivity contribution >= 4 is 49.4 Å². The summed E-state index contributed by atoms with van der Waals surface area (Å²) in [5.74, 6) is -1.16. The maximum atomic E-state index is 12.6. The van der Waals surface area contributed by atoms with E-state index in [2.05, 4.69) is 36.8 Å². The number of benzene rings is 1. The summed E-state index contributed by atoms with van der Waals surface area (Å²) in [5, 5.41) is 10.2. The number of carbonyl (C=O) groups is 2. The van der Waals surface area contributed by atoms with Crippen LogP contribution in [-0.2, 0) is 9.59 Å². The smallest absolute Gasteiger partial charge is 0.295 e. The molecule has 24 heavy (non-hydrogen) atoms. The van der Waals surface area contributed by atoms with Gasteiger partial charge in [0.05, 0.1) is 11.6 Å². The molecular formula is C17H12Br2N2O3. The molecule has 0 saturated carbocycles. The van der Waals surface area contributed by atoms with Crippen LogP contribution in [0.5, 0.6) is 0 Å². The van der Waals surface area contributed by atoms with Gasteiger partial charge in [0.2, 0.25) is 0 Å². The van der Waals surface area contributed by atoms with Gasteiger partial charge >= 0.3 is 0 Å². The van der Waals surface area contributed by atoms with Crippen molar-refractivity contribution in [2.75, 3.05) is 4.90 Å². The fourth-order valence-corrected chi connectivity index (χ4v) is 3.17. The van der Waals surface area contributed by atoms with Crippen LogP contribution in [0.2, 0.25) is 0 Å².